The maximum absolute atomic E-state index is 10.6. The third-order valence-corrected chi connectivity index (χ3v) is 2.08. The predicted molar refractivity (Wildman–Crippen MR) is 35.5 cm³/mol. The molecule has 0 unspecified atom stereocenters. The molecule has 0 aromatic carbocycles. The van der Waals surface area contributed by atoms with Crippen LogP contribution < -0.4 is 9.79 Å². The van der Waals surface area contributed by atoms with Gasteiger partial charge in [0, 0.05) is 0 Å². The Morgan fingerprint density at radius 2 is 2.07 bits per heavy atom. The lowest BCUT2D eigenvalue weighted by Gasteiger charge is -2.29. The van der Waals surface area contributed by atoms with Crippen LogP contribution in [0.3, 0.4) is 0 Å². The van der Waals surface area contributed by atoms with Crippen molar-refractivity contribution in [3.05, 3.63) is 0 Å². The topological polar surface area (TPSA) is 139 Å². The molecule has 0 spiro atoms. The number of phosphoric acid groups is 1. The van der Waals surface area contributed by atoms with Crippen LogP contribution in [0.4, 0.5) is 0 Å². The van der Waals surface area contributed by atoms with Crippen molar-refractivity contribution in [3.63, 3.8) is 0 Å². The molecular weight excluding hydrogens is 219 g/mol. The highest BCUT2D eigenvalue weighted by Gasteiger charge is 2.42. The minimum atomic E-state index is -5.17. The van der Waals surface area contributed by atoms with Gasteiger partial charge in [0.05, 0.1) is 14.4 Å². The summed E-state index contributed by atoms with van der Waals surface area (Å²) in [6.45, 7) is -0.797. The Hall–Kier alpha value is -0.500. The average Bonchev–Trinajstić information content (AvgIpc) is 2.28. The van der Waals surface area contributed by atoms with Crippen LogP contribution in [0.5, 0.6) is 0 Å². The Morgan fingerprint density at radius 1 is 1.50 bits per heavy atom. The first-order chi connectivity index (χ1) is 6.31. The Kier molecular flexibility index (Phi) is 3.25. The first-order valence-corrected chi connectivity index (χ1v) is 5.00. The molecule has 1 aliphatic heterocycles. The fourth-order valence-corrected chi connectivity index (χ4v) is 1.26. The monoisotopic (exact) mass is 226 g/mol. The van der Waals surface area contributed by atoms with Gasteiger partial charge in [0.1, 0.15) is 6.10 Å². The molecule has 1 saturated heterocycles. The summed E-state index contributed by atoms with van der Waals surface area (Å²) in [6, 6.07) is 0. The van der Waals surface area contributed by atoms with E-state index in [0.29, 0.717) is 0 Å². The fraction of sp³-hybridized carbons (Fsp3) is 0.800. The maximum Gasteiger partial charge on any atom is 0.338 e. The number of cyclic esters (lactones) is 1. The highest BCUT2D eigenvalue weighted by molar-refractivity contribution is 7.43. The standard InChI is InChI=1S/C5H9O8P/c6-3-2(1-12-14(9,10)11)13-5(8)4(3)7/h2-4,6-7H,1H2,(H2,9,10,11)/p-2/t2-,3-,4+/m0/s1. The molecule has 1 aliphatic rings. The molecule has 1 rings (SSSR count). The van der Waals surface area contributed by atoms with Crippen LogP contribution in [-0.4, -0.2) is 41.1 Å². The number of carbonyl (C=O) groups excluding carboxylic acids is 1. The molecule has 0 amide bonds. The number of aliphatic hydroxyl groups excluding tert-OH is 2. The Labute approximate surface area is 78.3 Å². The smallest absolute Gasteiger partial charge is 0.338 e. The number of ether oxygens (including phenoxy) is 1. The predicted octanol–water partition coefficient (Wildman–Crippen LogP) is -3.52. The largest absolute Gasteiger partial charge is 0.790 e. The zero-order chi connectivity index (χ0) is 10.9. The van der Waals surface area contributed by atoms with Crippen molar-refractivity contribution in [1.29, 1.82) is 0 Å². The minimum Gasteiger partial charge on any atom is -0.790 e. The molecule has 9 heteroatoms. The molecule has 14 heavy (non-hydrogen) atoms. The number of phosphoric ester groups is 1. The van der Waals surface area contributed by atoms with Gasteiger partial charge in [-0.25, -0.2) is 4.79 Å². The van der Waals surface area contributed by atoms with E-state index in [0.717, 1.165) is 0 Å². The van der Waals surface area contributed by atoms with Gasteiger partial charge in [-0.05, 0) is 0 Å². The van der Waals surface area contributed by atoms with E-state index in [1.807, 2.05) is 0 Å². The van der Waals surface area contributed by atoms with E-state index in [-0.39, 0.29) is 0 Å². The van der Waals surface area contributed by atoms with Gasteiger partial charge in [0.25, 0.3) is 0 Å². The van der Waals surface area contributed by atoms with Crippen LogP contribution >= 0.6 is 7.82 Å². The Balaban J connectivity index is 2.48. The summed E-state index contributed by atoms with van der Waals surface area (Å²) in [5.74, 6) is -1.09. The number of hydrogen-bond acceptors (Lipinski definition) is 8. The lowest BCUT2D eigenvalue weighted by Crippen LogP contribution is -2.34. The van der Waals surface area contributed by atoms with Gasteiger partial charge < -0.3 is 33.8 Å². The van der Waals surface area contributed by atoms with Crippen molar-refractivity contribution in [2.45, 2.75) is 18.3 Å². The van der Waals surface area contributed by atoms with Crippen LogP contribution in [0.2, 0.25) is 0 Å². The van der Waals surface area contributed by atoms with E-state index in [1.165, 1.54) is 0 Å². The zero-order valence-corrected chi connectivity index (χ0v) is 7.62. The number of hydrogen-bond donors (Lipinski definition) is 2. The molecule has 1 heterocycles. The van der Waals surface area contributed by atoms with Gasteiger partial charge >= 0.3 is 5.97 Å². The number of carbonyl (C=O) groups is 1. The van der Waals surface area contributed by atoms with Gasteiger partial charge in [-0.1, -0.05) is 0 Å². The third-order valence-electron chi connectivity index (χ3n) is 1.61. The van der Waals surface area contributed by atoms with E-state index in [9.17, 15) is 19.1 Å². The van der Waals surface area contributed by atoms with Gasteiger partial charge in [-0.3, -0.25) is 0 Å². The maximum atomic E-state index is 10.6. The molecule has 82 valence electrons. The van der Waals surface area contributed by atoms with Crippen molar-refractivity contribution in [2.24, 2.45) is 0 Å². The summed E-state index contributed by atoms with van der Waals surface area (Å²) >= 11 is 0. The highest BCUT2D eigenvalue weighted by Crippen LogP contribution is 2.27. The molecule has 0 saturated carbocycles. The van der Waals surface area contributed by atoms with Crippen LogP contribution in [0.1, 0.15) is 0 Å². The Morgan fingerprint density at radius 3 is 2.43 bits per heavy atom. The quantitative estimate of drug-likeness (QED) is 0.372. The van der Waals surface area contributed by atoms with Crippen LogP contribution in [0.15, 0.2) is 0 Å². The van der Waals surface area contributed by atoms with Crippen molar-refractivity contribution >= 4 is 13.8 Å². The third kappa shape index (κ3) is 2.74. The van der Waals surface area contributed by atoms with E-state index >= 15 is 0 Å². The second-order valence-corrected chi connectivity index (χ2v) is 3.81. The molecule has 0 bridgehead atoms. The van der Waals surface area contributed by atoms with E-state index < -0.39 is 38.7 Å². The van der Waals surface area contributed by atoms with Crippen molar-refractivity contribution in [2.75, 3.05) is 6.61 Å². The molecule has 0 radical (unpaired) electrons. The second kappa shape index (κ2) is 3.93. The normalized spacial score (nSPS) is 33.1. The summed E-state index contributed by atoms with van der Waals surface area (Å²) in [4.78, 5) is 30.7. The van der Waals surface area contributed by atoms with E-state index in [2.05, 4.69) is 9.26 Å². The van der Waals surface area contributed by atoms with E-state index in [4.69, 9.17) is 10.2 Å². The molecular formula is C5H7O8P-2. The lowest BCUT2D eigenvalue weighted by atomic mass is 10.1. The number of rotatable bonds is 3. The van der Waals surface area contributed by atoms with Gasteiger partial charge in [0.2, 0.25) is 0 Å². The van der Waals surface area contributed by atoms with Crippen LogP contribution in [0.25, 0.3) is 0 Å². The average molecular weight is 226 g/mol. The van der Waals surface area contributed by atoms with Gasteiger partial charge in [-0.2, -0.15) is 0 Å². The molecule has 1 fully saturated rings. The first kappa shape index (κ1) is 11.6. The molecule has 2 N–H and O–H groups in total. The Bertz CT molecular complexity index is 271. The minimum absolute atomic E-state index is 0.797. The van der Waals surface area contributed by atoms with E-state index in [1.54, 1.807) is 0 Å². The summed E-state index contributed by atoms with van der Waals surface area (Å²) in [5.41, 5.74) is 0. The van der Waals surface area contributed by atoms with Crippen LogP contribution in [-0.2, 0) is 18.6 Å². The second-order valence-electron chi connectivity index (χ2n) is 2.65. The molecule has 3 atom stereocenters. The van der Waals surface area contributed by atoms with Crippen LogP contribution in [0, 0.1) is 0 Å². The summed E-state index contributed by atoms with van der Waals surface area (Å²) in [7, 11) is -5.17. The van der Waals surface area contributed by atoms with Gasteiger partial charge in [0.15, 0.2) is 12.2 Å². The van der Waals surface area contributed by atoms with Gasteiger partial charge in [-0.15, -0.1) is 0 Å². The van der Waals surface area contributed by atoms with Crippen molar-refractivity contribution in [3.8, 4) is 0 Å². The zero-order valence-electron chi connectivity index (χ0n) is 6.73. The summed E-state index contributed by atoms with van der Waals surface area (Å²) < 4.78 is 18.1. The first-order valence-electron chi connectivity index (χ1n) is 3.54. The summed E-state index contributed by atoms with van der Waals surface area (Å²) in [5, 5.41) is 17.9. The summed E-state index contributed by atoms with van der Waals surface area (Å²) in [6.07, 6.45) is -4.66. The fourth-order valence-electron chi connectivity index (χ4n) is 0.929. The molecule has 0 aromatic heterocycles. The SMILES string of the molecule is O=C1O[C@@H](COP(=O)([O-])[O-])[C@H](O)[C@H]1O. The highest BCUT2D eigenvalue weighted by atomic mass is 31.2. The molecule has 0 aromatic rings. The number of aliphatic hydroxyl groups is 2. The van der Waals surface area contributed by atoms with Crippen molar-refractivity contribution < 1.29 is 38.6 Å². The lowest BCUT2D eigenvalue weighted by molar-refractivity contribution is -0.343. The number of esters is 1. The van der Waals surface area contributed by atoms with Crippen molar-refractivity contribution in [1.82, 2.24) is 0 Å². The molecule has 0 aliphatic carbocycles. The molecule has 8 nitrogen and oxygen atoms in total.